The van der Waals surface area contributed by atoms with Gasteiger partial charge in [-0.25, -0.2) is 4.57 Å². The van der Waals surface area contributed by atoms with Crippen molar-refractivity contribution in [2.24, 2.45) is 0 Å². The Labute approximate surface area is 129 Å². The molecule has 0 radical (unpaired) electrons. The molecule has 0 fully saturated rings. The van der Waals surface area contributed by atoms with E-state index in [1.165, 1.54) is 33.4 Å². The molecule has 1 N–H and O–H groups in total. The van der Waals surface area contributed by atoms with Crippen molar-refractivity contribution >= 4 is 8.69 Å². The van der Waals surface area contributed by atoms with Gasteiger partial charge in [0.15, 0.2) is 0 Å². The molecule has 0 amide bonds. The van der Waals surface area contributed by atoms with Crippen LogP contribution in [0.4, 0.5) is 0 Å². The van der Waals surface area contributed by atoms with E-state index in [0.29, 0.717) is 0 Å². The Morgan fingerprint density at radius 3 is 1.81 bits per heavy atom. The van der Waals surface area contributed by atoms with E-state index >= 15 is 0 Å². The molecule has 0 aliphatic carbocycles. The van der Waals surface area contributed by atoms with Gasteiger partial charge in [-0.15, -0.1) is 0 Å². The van der Waals surface area contributed by atoms with Crippen molar-refractivity contribution < 1.29 is 9.46 Å². The minimum atomic E-state index is -0.833. The van der Waals surface area contributed by atoms with Gasteiger partial charge in [-0.1, -0.05) is 48.9 Å². The Hall–Kier alpha value is -1.50. The first-order chi connectivity index (χ1) is 10.0. The third-order valence-electron chi connectivity index (χ3n) is 3.65. The van der Waals surface area contributed by atoms with Crippen LogP contribution in [0.25, 0.3) is 0 Å². The van der Waals surface area contributed by atoms with Gasteiger partial charge in [0.1, 0.15) is 0 Å². The zero-order chi connectivity index (χ0) is 15.8. The van der Waals surface area contributed by atoms with Crippen molar-refractivity contribution in [2.75, 3.05) is 0 Å². The maximum Gasteiger partial charge on any atom is 0.324 e. The Kier molecular flexibility index (Phi) is 7.28. The molecule has 3 heteroatoms. The van der Waals surface area contributed by atoms with E-state index in [2.05, 4.69) is 64.1 Å². The molecule has 0 aromatic heterocycles. The quantitative estimate of drug-likeness (QED) is 0.814. The van der Waals surface area contributed by atoms with E-state index in [9.17, 15) is 0 Å². The SMILES string of the molecule is CCc1ccc(Cc2c(C)cc(C)cc2C)cc1.O=PO. The van der Waals surface area contributed by atoms with Gasteiger partial charge < -0.3 is 4.89 Å². The average Bonchev–Trinajstić information content (AvgIpc) is 2.44. The highest BCUT2D eigenvalue weighted by Crippen LogP contribution is 2.20. The van der Waals surface area contributed by atoms with Crippen LogP contribution in [-0.2, 0) is 17.4 Å². The number of aryl methyl sites for hydroxylation is 4. The van der Waals surface area contributed by atoms with Gasteiger partial charge in [0.25, 0.3) is 0 Å². The zero-order valence-electron chi connectivity index (χ0n) is 13.2. The third-order valence-corrected chi connectivity index (χ3v) is 3.65. The lowest BCUT2D eigenvalue weighted by molar-refractivity contribution is 0.524. The predicted molar refractivity (Wildman–Crippen MR) is 89.1 cm³/mol. The fourth-order valence-electron chi connectivity index (χ4n) is 2.59. The zero-order valence-corrected chi connectivity index (χ0v) is 14.1. The van der Waals surface area contributed by atoms with Gasteiger partial charge >= 0.3 is 8.69 Å². The van der Waals surface area contributed by atoms with Gasteiger partial charge in [0.2, 0.25) is 0 Å². The summed E-state index contributed by atoms with van der Waals surface area (Å²) in [6.45, 7) is 8.80. The maximum absolute atomic E-state index is 8.46. The van der Waals surface area contributed by atoms with E-state index in [-0.39, 0.29) is 0 Å². The number of benzene rings is 2. The predicted octanol–water partition coefficient (Wildman–Crippen LogP) is 4.95. The Bertz CT molecular complexity index is 566. The molecular formula is C18H23O2P. The molecule has 0 aliphatic rings. The van der Waals surface area contributed by atoms with Crippen LogP contribution in [0.5, 0.6) is 0 Å². The Morgan fingerprint density at radius 2 is 1.38 bits per heavy atom. The van der Waals surface area contributed by atoms with Crippen molar-refractivity contribution in [3.63, 3.8) is 0 Å². The fraction of sp³-hybridized carbons (Fsp3) is 0.333. The molecule has 2 nitrogen and oxygen atoms in total. The van der Waals surface area contributed by atoms with Crippen LogP contribution in [0, 0.1) is 20.8 Å². The molecule has 21 heavy (non-hydrogen) atoms. The second-order valence-corrected chi connectivity index (χ2v) is 5.47. The first-order valence-corrected chi connectivity index (χ1v) is 7.89. The largest absolute Gasteiger partial charge is 0.324 e. The van der Waals surface area contributed by atoms with Crippen molar-refractivity contribution in [1.29, 1.82) is 0 Å². The van der Waals surface area contributed by atoms with Crippen LogP contribution >= 0.6 is 8.69 Å². The normalized spacial score (nSPS) is 10.1. The summed E-state index contributed by atoms with van der Waals surface area (Å²) >= 11 is 0. The second-order valence-electron chi connectivity index (χ2n) is 5.31. The van der Waals surface area contributed by atoms with Gasteiger partial charge in [0.05, 0.1) is 0 Å². The minimum absolute atomic E-state index is 0.833. The molecule has 0 saturated carbocycles. The van der Waals surface area contributed by atoms with E-state index in [1.807, 2.05) is 0 Å². The first-order valence-electron chi connectivity index (χ1n) is 7.13. The molecule has 2 aromatic rings. The highest BCUT2D eigenvalue weighted by molar-refractivity contribution is 7.16. The Balaban J connectivity index is 0.000000677. The van der Waals surface area contributed by atoms with E-state index < -0.39 is 8.69 Å². The fourth-order valence-corrected chi connectivity index (χ4v) is 2.59. The monoisotopic (exact) mass is 302 g/mol. The summed E-state index contributed by atoms with van der Waals surface area (Å²) in [7, 11) is -0.833. The number of hydrogen-bond donors (Lipinski definition) is 1. The maximum atomic E-state index is 8.46. The van der Waals surface area contributed by atoms with Crippen LogP contribution < -0.4 is 0 Å². The van der Waals surface area contributed by atoms with Gasteiger partial charge in [0, 0.05) is 0 Å². The van der Waals surface area contributed by atoms with Crippen molar-refractivity contribution in [2.45, 2.75) is 40.5 Å². The summed E-state index contributed by atoms with van der Waals surface area (Å²) in [4.78, 5) is 6.99. The molecule has 0 bridgehead atoms. The van der Waals surface area contributed by atoms with Crippen LogP contribution in [-0.4, -0.2) is 4.89 Å². The number of rotatable bonds is 3. The molecule has 0 aliphatic heterocycles. The minimum Gasteiger partial charge on any atom is -0.310 e. The summed E-state index contributed by atoms with van der Waals surface area (Å²) < 4.78 is 8.46. The Morgan fingerprint density at radius 1 is 0.952 bits per heavy atom. The lowest BCUT2D eigenvalue weighted by Crippen LogP contribution is -1.97. The molecule has 2 rings (SSSR count). The number of hydrogen-bond acceptors (Lipinski definition) is 1. The standard InChI is InChI=1S/C18H22.HO2P/c1-5-16-6-8-17(9-7-16)12-18-14(3)10-13(2)11-15(18)4;1-3-2/h6-11H,5,12H2,1-4H3;(H,1,2). The van der Waals surface area contributed by atoms with Crippen LogP contribution in [0.2, 0.25) is 0 Å². The van der Waals surface area contributed by atoms with Gasteiger partial charge in [-0.05, 0) is 61.4 Å². The van der Waals surface area contributed by atoms with Crippen LogP contribution in [0.3, 0.4) is 0 Å². The van der Waals surface area contributed by atoms with Crippen LogP contribution in [0.15, 0.2) is 36.4 Å². The molecule has 0 heterocycles. The molecule has 112 valence electrons. The summed E-state index contributed by atoms with van der Waals surface area (Å²) in [6.07, 6.45) is 2.16. The van der Waals surface area contributed by atoms with Crippen molar-refractivity contribution in [3.8, 4) is 0 Å². The van der Waals surface area contributed by atoms with E-state index in [1.54, 1.807) is 0 Å². The molecule has 0 atom stereocenters. The summed E-state index contributed by atoms with van der Waals surface area (Å²) in [6, 6.07) is 13.6. The smallest absolute Gasteiger partial charge is 0.310 e. The summed E-state index contributed by atoms with van der Waals surface area (Å²) in [5.74, 6) is 0. The third kappa shape index (κ3) is 5.41. The second kappa shape index (κ2) is 8.71. The van der Waals surface area contributed by atoms with E-state index in [0.717, 1.165) is 12.8 Å². The van der Waals surface area contributed by atoms with Crippen LogP contribution in [0.1, 0.15) is 40.3 Å². The first kappa shape index (κ1) is 17.6. The topological polar surface area (TPSA) is 37.3 Å². The molecular weight excluding hydrogens is 279 g/mol. The van der Waals surface area contributed by atoms with Gasteiger partial charge in [-0.2, -0.15) is 0 Å². The van der Waals surface area contributed by atoms with Crippen molar-refractivity contribution in [3.05, 3.63) is 69.8 Å². The lowest BCUT2D eigenvalue weighted by atomic mass is 9.94. The molecule has 2 aromatic carbocycles. The van der Waals surface area contributed by atoms with Crippen molar-refractivity contribution in [1.82, 2.24) is 0 Å². The lowest BCUT2D eigenvalue weighted by Gasteiger charge is -2.11. The molecule has 0 spiro atoms. The molecule has 0 saturated heterocycles. The summed E-state index contributed by atoms with van der Waals surface area (Å²) in [5.41, 5.74) is 8.47. The highest BCUT2D eigenvalue weighted by atomic mass is 31.1. The highest BCUT2D eigenvalue weighted by Gasteiger charge is 2.05. The van der Waals surface area contributed by atoms with Gasteiger partial charge in [-0.3, -0.25) is 0 Å². The average molecular weight is 302 g/mol. The molecule has 0 unspecified atom stereocenters. The van der Waals surface area contributed by atoms with E-state index in [4.69, 9.17) is 9.46 Å². The summed E-state index contributed by atoms with van der Waals surface area (Å²) in [5, 5.41) is 0.